The second-order valence-corrected chi connectivity index (χ2v) is 7.03. The molecule has 0 bridgehead atoms. The molecule has 0 aliphatic carbocycles. The molecule has 0 fully saturated rings. The normalized spacial score (nSPS) is 14.4. The van der Waals surface area contributed by atoms with Gasteiger partial charge in [-0.25, -0.2) is 0 Å². The Morgan fingerprint density at radius 2 is 2.00 bits per heavy atom. The van der Waals surface area contributed by atoms with Crippen molar-refractivity contribution in [2.75, 3.05) is 27.3 Å². The average molecular weight is 367 g/mol. The summed E-state index contributed by atoms with van der Waals surface area (Å²) in [6.45, 7) is 8.97. The first-order chi connectivity index (χ1) is 12.3. The topological polar surface area (TPSA) is 71.0 Å². The molecule has 6 nitrogen and oxygen atoms in total. The summed E-state index contributed by atoms with van der Waals surface area (Å²) in [5.74, 6) is 1.07. The quantitative estimate of drug-likeness (QED) is 0.630. The Morgan fingerprint density at radius 1 is 1.31 bits per heavy atom. The first-order valence-electron chi connectivity index (χ1n) is 9.25. The van der Waals surface area contributed by atoms with Crippen LogP contribution in [0, 0.1) is 0 Å². The van der Waals surface area contributed by atoms with Crippen molar-refractivity contribution in [2.45, 2.75) is 58.7 Å². The van der Waals surface area contributed by atoms with Crippen molar-refractivity contribution in [3.63, 3.8) is 0 Å². The summed E-state index contributed by atoms with van der Waals surface area (Å²) in [5.41, 5.74) is 0.727. The third-order valence-electron chi connectivity index (χ3n) is 4.27. The molecule has 0 aliphatic heterocycles. The molecule has 0 radical (unpaired) electrons. The number of amides is 1. The highest BCUT2D eigenvalue weighted by atomic mass is 16.5. The van der Waals surface area contributed by atoms with E-state index in [1.165, 1.54) is 4.90 Å². The number of carbonyl (C=O) groups excluding carboxylic acids is 1. The van der Waals surface area contributed by atoms with Gasteiger partial charge in [0.05, 0.1) is 13.2 Å². The molecule has 1 amide bonds. The third-order valence-corrected chi connectivity index (χ3v) is 4.27. The summed E-state index contributed by atoms with van der Waals surface area (Å²) in [4.78, 5) is 13.5. The number of likely N-dealkylation sites (N-methyl/N-ethyl adjacent to an activating group) is 1. The average Bonchev–Trinajstić information content (AvgIpc) is 2.61. The minimum absolute atomic E-state index is 0.0878. The number of carbonyl (C=O) groups is 1. The lowest BCUT2D eigenvalue weighted by Crippen LogP contribution is -2.45. The summed E-state index contributed by atoms with van der Waals surface area (Å²) in [5, 5.41) is 13.0. The van der Waals surface area contributed by atoms with Gasteiger partial charge in [0.25, 0.3) is 5.91 Å². The van der Waals surface area contributed by atoms with Crippen molar-refractivity contribution in [3.8, 4) is 11.5 Å². The molecule has 1 rings (SSSR count). The Balaban J connectivity index is 2.89. The van der Waals surface area contributed by atoms with Crippen LogP contribution in [0.25, 0.3) is 0 Å². The first kappa shape index (κ1) is 22.3. The van der Waals surface area contributed by atoms with Crippen molar-refractivity contribution in [3.05, 3.63) is 23.8 Å². The highest BCUT2D eigenvalue weighted by molar-refractivity contribution is 5.80. The molecule has 0 unspecified atom stereocenters. The maximum absolute atomic E-state index is 12.0. The van der Waals surface area contributed by atoms with E-state index >= 15 is 0 Å². The zero-order chi connectivity index (χ0) is 19.7. The smallest absolute Gasteiger partial charge is 0.262 e. The van der Waals surface area contributed by atoms with Gasteiger partial charge in [0, 0.05) is 26.2 Å². The molecule has 148 valence electrons. The summed E-state index contributed by atoms with van der Waals surface area (Å²) >= 11 is 0. The molecule has 0 aromatic heterocycles. The maximum Gasteiger partial charge on any atom is 0.262 e. The summed E-state index contributed by atoms with van der Waals surface area (Å²) in [7, 11) is 3.41. The Morgan fingerprint density at radius 3 is 2.54 bits per heavy atom. The van der Waals surface area contributed by atoms with Crippen LogP contribution < -0.4 is 14.8 Å². The van der Waals surface area contributed by atoms with E-state index in [1.54, 1.807) is 21.0 Å². The van der Waals surface area contributed by atoms with Gasteiger partial charge in [0.1, 0.15) is 0 Å². The number of nitrogens with zero attached hydrogens (tertiary/aromatic N) is 1. The molecule has 26 heavy (non-hydrogen) atoms. The second kappa shape index (κ2) is 10.4. The van der Waals surface area contributed by atoms with E-state index < -0.39 is 6.10 Å². The lowest BCUT2D eigenvalue weighted by molar-refractivity contribution is -0.135. The molecular weight excluding hydrogens is 332 g/mol. The van der Waals surface area contributed by atoms with Gasteiger partial charge < -0.3 is 24.8 Å². The minimum atomic E-state index is -0.588. The lowest BCUT2D eigenvalue weighted by atomic mass is 9.97. The summed E-state index contributed by atoms with van der Waals surface area (Å²) in [6.07, 6.45) is 1.31. The van der Waals surface area contributed by atoms with E-state index in [4.69, 9.17) is 9.47 Å². The molecule has 0 saturated carbocycles. The van der Waals surface area contributed by atoms with Crippen LogP contribution in [0.4, 0.5) is 0 Å². The summed E-state index contributed by atoms with van der Waals surface area (Å²) < 4.78 is 11.5. The SMILES string of the molecule is CCC[C@](C)(CO)NCc1ccc(O[C@H](C)C(=O)N(C)C)c(OCC)c1. The lowest BCUT2D eigenvalue weighted by Gasteiger charge is -2.28. The number of aliphatic hydroxyl groups is 1. The van der Waals surface area contributed by atoms with Crippen LogP contribution in [0.1, 0.15) is 46.1 Å². The fraction of sp³-hybridized carbons (Fsp3) is 0.650. The number of rotatable bonds is 11. The Bertz CT molecular complexity index is 577. The molecule has 6 heteroatoms. The molecular formula is C20H34N2O4. The number of nitrogens with one attached hydrogen (secondary N) is 1. The molecule has 2 N–H and O–H groups in total. The molecule has 0 heterocycles. The molecule has 0 saturated heterocycles. The Hall–Kier alpha value is -1.79. The number of aliphatic hydroxyl groups excluding tert-OH is 1. The van der Waals surface area contributed by atoms with Gasteiger partial charge in [-0.2, -0.15) is 0 Å². The van der Waals surface area contributed by atoms with Crippen molar-refractivity contribution in [2.24, 2.45) is 0 Å². The Kier molecular flexibility index (Phi) is 8.88. The molecule has 1 aromatic rings. The third kappa shape index (κ3) is 6.50. The van der Waals surface area contributed by atoms with Gasteiger partial charge in [0.2, 0.25) is 0 Å². The van der Waals surface area contributed by atoms with E-state index in [2.05, 4.69) is 12.2 Å². The van der Waals surface area contributed by atoms with Gasteiger partial charge in [-0.05, 0) is 44.9 Å². The zero-order valence-electron chi connectivity index (χ0n) is 17.0. The number of ether oxygens (including phenoxy) is 2. The van der Waals surface area contributed by atoms with E-state index in [9.17, 15) is 9.90 Å². The fourth-order valence-corrected chi connectivity index (χ4v) is 2.72. The van der Waals surface area contributed by atoms with E-state index in [0.29, 0.717) is 24.7 Å². The van der Waals surface area contributed by atoms with Gasteiger partial charge in [-0.15, -0.1) is 0 Å². The number of benzene rings is 1. The monoisotopic (exact) mass is 366 g/mol. The summed E-state index contributed by atoms with van der Waals surface area (Å²) in [6, 6.07) is 5.70. The fourth-order valence-electron chi connectivity index (χ4n) is 2.72. The van der Waals surface area contributed by atoms with Crippen molar-refractivity contribution < 1.29 is 19.4 Å². The van der Waals surface area contributed by atoms with Crippen LogP contribution in [0.3, 0.4) is 0 Å². The maximum atomic E-state index is 12.0. The van der Waals surface area contributed by atoms with Crippen molar-refractivity contribution in [1.29, 1.82) is 0 Å². The van der Waals surface area contributed by atoms with Crippen LogP contribution in [-0.2, 0) is 11.3 Å². The predicted octanol–water partition coefficient (Wildman–Crippen LogP) is 2.58. The van der Waals surface area contributed by atoms with Crippen molar-refractivity contribution in [1.82, 2.24) is 10.2 Å². The van der Waals surface area contributed by atoms with Crippen LogP contribution in [0.2, 0.25) is 0 Å². The second-order valence-electron chi connectivity index (χ2n) is 7.03. The Labute approximate surface area is 157 Å². The van der Waals surface area contributed by atoms with Crippen LogP contribution >= 0.6 is 0 Å². The standard InChI is InChI=1S/C20H34N2O4/c1-7-11-20(4,14-23)21-13-16-9-10-17(18(12-16)25-8-2)26-15(3)19(24)22(5)6/h9-10,12,15,21,23H,7-8,11,13-14H2,1-6H3/t15-,20-/m1/s1. The zero-order valence-corrected chi connectivity index (χ0v) is 17.0. The van der Waals surface area contributed by atoms with E-state index in [-0.39, 0.29) is 18.1 Å². The van der Waals surface area contributed by atoms with E-state index in [0.717, 1.165) is 18.4 Å². The molecule has 0 aliphatic rings. The van der Waals surface area contributed by atoms with Crippen LogP contribution in [0.15, 0.2) is 18.2 Å². The van der Waals surface area contributed by atoms with Crippen LogP contribution in [-0.4, -0.2) is 54.9 Å². The minimum Gasteiger partial charge on any atom is -0.490 e. The van der Waals surface area contributed by atoms with Gasteiger partial charge in [-0.1, -0.05) is 19.4 Å². The largest absolute Gasteiger partial charge is 0.490 e. The molecule has 2 atom stereocenters. The molecule has 0 spiro atoms. The van der Waals surface area contributed by atoms with Gasteiger partial charge in [-0.3, -0.25) is 4.79 Å². The van der Waals surface area contributed by atoms with Gasteiger partial charge in [0.15, 0.2) is 17.6 Å². The van der Waals surface area contributed by atoms with Gasteiger partial charge >= 0.3 is 0 Å². The number of hydrogen-bond donors (Lipinski definition) is 2. The number of hydrogen-bond acceptors (Lipinski definition) is 5. The first-order valence-corrected chi connectivity index (χ1v) is 9.25. The highest BCUT2D eigenvalue weighted by Gasteiger charge is 2.22. The molecule has 1 aromatic carbocycles. The van der Waals surface area contributed by atoms with Crippen molar-refractivity contribution >= 4 is 5.91 Å². The highest BCUT2D eigenvalue weighted by Crippen LogP contribution is 2.30. The predicted molar refractivity (Wildman–Crippen MR) is 104 cm³/mol. The van der Waals surface area contributed by atoms with E-state index in [1.807, 2.05) is 32.0 Å². The van der Waals surface area contributed by atoms with Crippen LogP contribution in [0.5, 0.6) is 11.5 Å².